The minimum atomic E-state index is -3.57. The van der Waals surface area contributed by atoms with Gasteiger partial charge in [0.2, 0.25) is 0 Å². The van der Waals surface area contributed by atoms with Crippen molar-refractivity contribution in [1.29, 1.82) is 0 Å². The third-order valence-electron chi connectivity index (χ3n) is 5.48. The number of Topliss-reactive ketones (excluding diaryl/α,β-unsaturated/α-hetero) is 1. The zero-order valence-corrected chi connectivity index (χ0v) is 18.9. The maximum Gasteiger partial charge on any atom is 0.262 e. The molecule has 1 atom stereocenters. The molecule has 1 aliphatic heterocycles. The molecule has 0 N–H and O–H groups in total. The van der Waals surface area contributed by atoms with Gasteiger partial charge in [-0.05, 0) is 48.8 Å². The second kappa shape index (κ2) is 8.58. The first-order valence-corrected chi connectivity index (χ1v) is 11.7. The van der Waals surface area contributed by atoms with Crippen LogP contribution in [0.2, 0.25) is 5.02 Å². The molecule has 0 saturated carbocycles. The molecule has 0 radical (unpaired) electrons. The molecular weight excluding hydrogens is 410 g/mol. The molecule has 0 aliphatic carbocycles. The van der Waals surface area contributed by atoms with Crippen LogP contribution in [0.15, 0.2) is 35.7 Å². The van der Waals surface area contributed by atoms with Crippen LogP contribution < -0.4 is 0 Å². The number of carbonyl (C=O) groups excluding carboxylic acids is 1. The molecule has 8 heteroatoms. The van der Waals surface area contributed by atoms with Crippen LogP contribution in [0, 0.1) is 24.7 Å². The van der Waals surface area contributed by atoms with Crippen molar-refractivity contribution in [2.75, 3.05) is 13.1 Å². The summed E-state index contributed by atoms with van der Waals surface area (Å²) in [4.78, 5) is 16.9. The first-order chi connectivity index (χ1) is 13.6. The van der Waals surface area contributed by atoms with Gasteiger partial charge in [0.15, 0.2) is 10.8 Å². The zero-order valence-electron chi connectivity index (χ0n) is 17.3. The molecule has 1 unspecified atom stereocenters. The predicted octanol–water partition coefficient (Wildman–Crippen LogP) is 3.94. The lowest BCUT2D eigenvalue weighted by Crippen LogP contribution is -2.53. The molecule has 3 rings (SSSR count). The van der Waals surface area contributed by atoms with E-state index in [0.29, 0.717) is 36.0 Å². The Morgan fingerprint density at radius 1 is 1.31 bits per heavy atom. The minimum Gasteiger partial charge on any atom is -0.339 e. The van der Waals surface area contributed by atoms with Gasteiger partial charge in [-0.15, -0.1) is 0 Å². The van der Waals surface area contributed by atoms with E-state index in [1.807, 2.05) is 13.0 Å². The van der Waals surface area contributed by atoms with Crippen molar-refractivity contribution in [2.24, 2.45) is 24.8 Å². The van der Waals surface area contributed by atoms with Gasteiger partial charge >= 0.3 is 0 Å². The molecule has 1 aliphatic rings. The van der Waals surface area contributed by atoms with Crippen LogP contribution in [-0.4, -0.2) is 41.1 Å². The lowest BCUT2D eigenvalue weighted by molar-refractivity contribution is 0.0826. The molecule has 29 heavy (non-hydrogen) atoms. The highest BCUT2D eigenvalue weighted by Gasteiger charge is 2.42. The normalized spacial score (nSPS) is 16.8. The monoisotopic (exact) mass is 437 g/mol. The van der Waals surface area contributed by atoms with Crippen LogP contribution in [0.25, 0.3) is 0 Å². The van der Waals surface area contributed by atoms with Crippen LogP contribution in [-0.2, 0) is 17.1 Å². The smallest absolute Gasteiger partial charge is 0.262 e. The highest BCUT2D eigenvalue weighted by Crippen LogP contribution is 2.35. The van der Waals surface area contributed by atoms with Crippen molar-refractivity contribution in [3.05, 3.63) is 46.9 Å². The first kappa shape index (κ1) is 22.0. The van der Waals surface area contributed by atoms with Crippen LogP contribution in [0.4, 0.5) is 0 Å². The average Bonchev–Trinajstić information content (AvgIpc) is 2.99. The molecule has 1 saturated heterocycles. The van der Waals surface area contributed by atoms with E-state index >= 15 is 0 Å². The number of sulfonamides is 1. The Bertz CT molecular complexity index is 994. The van der Waals surface area contributed by atoms with Gasteiger partial charge in [0.25, 0.3) is 10.0 Å². The van der Waals surface area contributed by atoms with E-state index < -0.39 is 10.0 Å². The number of halogens is 1. The van der Waals surface area contributed by atoms with Gasteiger partial charge in [-0.2, -0.15) is 4.31 Å². The standard InChI is InChI=1S/C21H28ClN3O3S/c1-14(2)7-16(9-20(26)18-6-5-15(3)8-19(18)22)17-10-25(11-17)29(27,28)21-12-24(4)13-23-21/h5-6,8,12-14,16-17H,7,9-11H2,1-4H3. The number of benzene rings is 1. The van der Waals surface area contributed by atoms with E-state index in [2.05, 4.69) is 18.8 Å². The number of rotatable bonds is 8. The molecule has 1 aromatic heterocycles. The van der Waals surface area contributed by atoms with Crippen molar-refractivity contribution >= 4 is 27.4 Å². The van der Waals surface area contributed by atoms with E-state index in [9.17, 15) is 13.2 Å². The van der Waals surface area contributed by atoms with Gasteiger partial charge < -0.3 is 4.57 Å². The number of carbonyl (C=O) groups is 1. The summed E-state index contributed by atoms with van der Waals surface area (Å²) in [7, 11) is -1.83. The summed E-state index contributed by atoms with van der Waals surface area (Å²) >= 11 is 6.28. The van der Waals surface area contributed by atoms with Crippen molar-refractivity contribution < 1.29 is 13.2 Å². The van der Waals surface area contributed by atoms with Gasteiger partial charge in [0.1, 0.15) is 0 Å². The number of hydrogen-bond acceptors (Lipinski definition) is 4. The summed E-state index contributed by atoms with van der Waals surface area (Å²) in [5, 5.41) is 0.549. The molecular formula is C21H28ClN3O3S. The summed E-state index contributed by atoms with van der Waals surface area (Å²) in [5.74, 6) is 0.716. The highest BCUT2D eigenvalue weighted by molar-refractivity contribution is 7.89. The summed E-state index contributed by atoms with van der Waals surface area (Å²) < 4.78 is 28.5. The fourth-order valence-electron chi connectivity index (χ4n) is 3.86. The largest absolute Gasteiger partial charge is 0.339 e. The Hall–Kier alpha value is -1.70. The second-order valence-electron chi connectivity index (χ2n) is 8.46. The summed E-state index contributed by atoms with van der Waals surface area (Å²) in [6.45, 7) is 7.03. The summed E-state index contributed by atoms with van der Waals surface area (Å²) in [6, 6.07) is 5.48. The fourth-order valence-corrected chi connectivity index (χ4v) is 5.72. The average molecular weight is 438 g/mol. The number of aromatic nitrogens is 2. The number of ketones is 1. The van der Waals surface area contributed by atoms with E-state index in [1.54, 1.807) is 23.7 Å². The SMILES string of the molecule is Cc1ccc(C(=O)CC(CC(C)C)C2CN(S(=O)(=O)c3cn(C)cn3)C2)c(Cl)c1. The van der Waals surface area contributed by atoms with E-state index in [-0.39, 0.29) is 22.6 Å². The maximum atomic E-state index is 12.9. The molecule has 0 spiro atoms. The molecule has 0 bridgehead atoms. The van der Waals surface area contributed by atoms with E-state index in [1.165, 1.54) is 16.8 Å². The van der Waals surface area contributed by atoms with Gasteiger partial charge in [0, 0.05) is 38.3 Å². The van der Waals surface area contributed by atoms with E-state index in [4.69, 9.17) is 11.6 Å². The number of nitrogens with zero attached hydrogens (tertiary/aromatic N) is 3. The number of hydrogen-bond donors (Lipinski definition) is 0. The zero-order chi connectivity index (χ0) is 21.3. The van der Waals surface area contributed by atoms with Crippen LogP contribution in [0.3, 0.4) is 0 Å². The van der Waals surface area contributed by atoms with Gasteiger partial charge in [-0.1, -0.05) is 31.5 Å². The first-order valence-electron chi connectivity index (χ1n) is 9.85. The second-order valence-corrected chi connectivity index (χ2v) is 10.8. The van der Waals surface area contributed by atoms with Crippen LogP contribution >= 0.6 is 11.6 Å². The maximum absolute atomic E-state index is 12.9. The third-order valence-corrected chi connectivity index (χ3v) is 7.51. The van der Waals surface area contributed by atoms with Crippen molar-refractivity contribution in [1.82, 2.24) is 13.9 Å². The molecule has 158 valence electrons. The Balaban J connectivity index is 1.70. The number of aryl methyl sites for hydroxylation is 2. The molecule has 2 heterocycles. The topological polar surface area (TPSA) is 72.3 Å². The quantitative estimate of drug-likeness (QED) is 0.586. The highest BCUT2D eigenvalue weighted by atomic mass is 35.5. The molecule has 2 aromatic rings. The predicted molar refractivity (Wildman–Crippen MR) is 114 cm³/mol. The molecule has 1 fully saturated rings. The van der Waals surface area contributed by atoms with Crippen molar-refractivity contribution in [2.45, 2.75) is 38.6 Å². The Morgan fingerprint density at radius 2 is 2.00 bits per heavy atom. The summed E-state index contributed by atoms with van der Waals surface area (Å²) in [5.41, 5.74) is 1.56. The lowest BCUT2D eigenvalue weighted by Gasteiger charge is -2.42. The summed E-state index contributed by atoms with van der Waals surface area (Å²) in [6.07, 6.45) is 4.24. The van der Waals surface area contributed by atoms with Crippen molar-refractivity contribution in [3.63, 3.8) is 0 Å². The molecule has 1 aromatic carbocycles. The van der Waals surface area contributed by atoms with Crippen molar-refractivity contribution in [3.8, 4) is 0 Å². The third kappa shape index (κ3) is 4.90. The Morgan fingerprint density at radius 3 is 2.55 bits per heavy atom. The van der Waals surface area contributed by atoms with Gasteiger partial charge in [0.05, 0.1) is 11.3 Å². The molecule has 6 nitrogen and oxygen atoms in total. The number of imidazole rings is 1. The van der Waals surface area contributed by atoms with E-state index in [0.717, 1.165) is 12.0 Å². The molecule has 0 amide bonds. The van der Waals surface area contributed by atoms with Gasteiger partial charge in [-0.25, -0.2) is 13.4 Å². The van der Waals surface area contributed by atoms with Gasteiger partial charge in [-0.3, -0.25) is 4.79 Å². The fraction of sp³-hybridized carbons (Fsp3) is 0.524. The Kier molecular flexibility index (Phi) is 6.51. The minimum absolute atomic E-state index is 0.0201. The Labute approximate surface area is 177 Å². The van der Waals surface area contributed by atoms with Crippen LogP contribution in [0.1, 0.15) is 42.6 Å². The lowest BCUT2D eigenvalue weighted by atomic mass is 9.78. The van der Waals surface area contributed by atoms with Crippen LogP contribution in [0.5, 0.6) is 0 Å².